The average molecular weight is 282 g/mol. The summed E-state index contributed by atoms with van der Waals surface area (Å²) in [5.41, 5.74) is 1.41. The van der Waals surface area contributed by atoms with Crippen LogP contribution in [-0.4, -0.2) is 22.6 Å². The molecular weight excluding hydrogens is 260 g/mol. The van der Waals surface area contributed by atoms with Gasteiger partial charge in [0.05, 0.1) is 0 Å². The van der Waals surface area contributed by atoms with E-state index in [1.807, 2.05) is 36.4 Å². The van der Waals surface area contributed by atoms with Crippen molar-refractivity contribution in [2.45, 2.75) is 33.2 Å². The predicted molar refractivity (Wildman–Crippen MR) is 87.4 cm³/mol. The first-order valence-electron chi connectivity index (χ1n) is 7.53. The van der Waals surface area contributed by atoms with Gasteiger partial charge in [0.2, 0.25) is 0 Å². The largest absolute Gasteiger partial charge is 0.370 e. The van der Waals surface area contributed by atoms with Crippen LogP contribution in [0.25, 0.3) is 11.4 Å². The van der Waals surface area contributed by atoms with Crippen molar-refractivity contribution < 1.29 is 0 Å². The summed E-state index contributed by atoms with van der Waals surface area (Å²) in [5.74, 6) is 2.53. The molecule has 1 atom stereocenters. The summed E-state index contributed by atoms with van der Waals surface area (Å²) in [6.45, 7) is 7.46. The van der Waals surface area contributed by atoms with E-state index < -0.39 is 0 Å². The molecule has 1 aliphatic carbocycles. The molecule has 4 nitrogen and oxygen atoms in total. The molecule has 0 aliphatic heterocycles. The molecule has 1 unspecified atom stereocenters. The van der Waals surface area contributed by atoms with E-state index in [0.29, 0.717) is 11.5 Å². The van der Waals surface area contributed by atoms with Crippen molar-refractivity contribution in [3.63, 3.8) is 0 Å². The van der Waals surface area contributed by atoms with Gasteiger partial charge in [0.15, 0.2) is 5.82 Å². The van der Waals surface area contributed by atoms with Crippen molar-refractivity contribution in [3.05, 3.63) is 36.4 Å². The van der Waals surface area contributed by atoms with Crippen LogP contribution < -0.4 is 10.6 Å². The van der Waals surface area contributed by atoms with E-state index >= 15 is 0 Å². The van der Waals surface area contributed by atoms with Gasteiger partial charge < -0.3 is 10.6 Å². The number of hydrogen-bond donors (Lipinski definition) is 2. The fourth-order valence-electron chi connectivity index (χ4n) is 2.40. The Kier molecular flexibility index (Phi) is 3.53. The molecule has 1 fully saturated rings. The van der Waals surface area contributed by atoms with Gasteiger partial charge in [-0.2, -0.15) is 0 Å². The third kappa shape index (κ3) is 3.15. The zero-order valence-corrected chi connectivity index (χ0v) is 12.9. The van der Waals surface area contributed by atoms with Crippen LogP contribution in [0.3, 0.4) is 0 Å². The van der Waals surface area contributed by atoms with Gasteiger partial charge in [-0.05, 0) is 18.8 Å². The van der Waals surface area contributed by atoms with Crippen LogP contribution >= 0.6 is 0 Å². The summed E-state index contributed by atoms with van der Waals surface area (Å²) < 4.78 is 0. The first kappa shape index (κ1) is 13.9. The molecule has 2 N–H and O–H groups in total. The van der Waals surface area contributed by atoms with Crippen LogP contribution in [0.2, 0.25) is 0 Å². The number of benzene rings is 1. The van der Waals surface area contributed by atoms with E-state index in [2.05, 4.69) is 41.4 Å². The summed E-state index contributed by atoms with van der Waals surface area (Å²) in [6.07, 6.45) is 1.19. The van der Waals surface area contributed by atoms with Crippen molar-refractivity contribution in [3.8, 4) is 11.4 Å². The molecule has 1 aromatic heterocycles. The van der Waals surface area contributed by atoms with Crippen molar-refractivity contribution in [2.75, 3.05) is 17.2 Å². The summed E-state index contributed by atoms with van der Waals surface area (Å²) in [5, 5.41) is 6.81. The minimum Gasteiger partial charge on any atom is -0.370 e. The van der Waals surface area contributed by atoms with E-state index in [1.165, 1.54) is 6.42 Å². The first-order valence-corrected chi connectivity index (χ1v) is 7.53. The molecule has 0 bridgehead atoms. The van der Waals surface area contributed by atoms with Crippen LogP contribution in [0.4, 0.5) is 11.6 Å². The second kappa shape index (κ2) is 5.35. The topological polar surface area (TPSA) is 49.8 Å². The Bertz CT molecular complexity index is 622. The van der Waals surface area contributed by atoms with Crippen molar-refractivity contribution in [2.24, 2.45) is 5.41 Å². The molecule has 2 aromatic rings. The highest BCUT2D eigenvalue weighted by molar-refractivity contribution is 5.61. The smallest absolute Gasteiger partial charge is 0.163 e. The SMILES string of the molecule is CCNc1cc(NC2CC2(C)C)nc(-c2ccccc2)n1. The summed E-state index contributed by atoms with van der Waals surface area (Å²) in [4.78, 5) is 9.26. The lowest BCUT2D eigenvalue weighted by atomic mass is 10.2. The molecule has 0 spiro atoms. The third-order valence-electron chi connectivity index (χ3n) is 3.95. The first-order chi connectivity index (χ1) is 10.1. The number of anilines is 2. The molecule has 21 heavy (non-hydrogen) atoms. The molecule has 4 heteroatoms. The molecule has 1 heterocycles. The monoisotopic (exact) mass is 282 g/mol. The van der Waals surface area contributed by atoms with Crippen LogP contribution in [0.15, 0.2) is 36.4 Å². The van der Waals surface area contributed by atoms with Gasteiger partial charge in [0.1, 0.15) is 11.6 Å². The van der Waals surface area contributed by atoms with Gasteiger partial charge in [-0.15, -0.1) is 0 Å². The Morgan fingerprint density at radius 3 is 2.43 bits per heavy atom. The molecule has 1 aliphatic rings. The molecule has 1 saturated carbocycles. The highest BCUT2D eigenvalue weighted by Crippen LogP contribution is 2.46. The molecule has 0 saturated heterocycles. The highest BCUT2D eigenvalue weighted by Gasteiger charge is 2.45. The Morgan fingerprint density at radius 1 is 1.14 bits per heavy atom. The van der Waals surface area contributed by atoms with E-state index in [1.54, 1.807) is 0 Å². The fraction of sp³-hybridized carbons (Fsp3) is 0.412. The quantitative estimate of drug-likeness (QED) is 0.876. The summed E-state index contributed by atoms with van der Waals surface area (Å²) >= 11 is 0. The minimum atomic E-state index is 0.371. The molecular formula is C17H22N4. The molecule has 0 amide bonds. The molecule has 3 rings (SSSR count). The van der Waals surface area contributed by atoms with Crippen LogP contribution in [0, 0.1) is 5.41 Å². The fourth-order valence-corrected chi connectivity index (χ4v) is 2.40. The zero-order chi connectivity index (χ0) is 14.9. The maximum absolute atomic E-state index is 4.67. The Labute approximate surface area is 126 Å². The van der Waals surface area contributed by atoms with Crippen LogP contribution in [0.1, 0.15) is 27.2 Å². The Hall–Kier alpha value is -2.10. The van der Waals surface area contributed by atoms with Gasteiger partial charge in [0, 0.05) is 24.2 Å². The number of hydrogen-bond acceptors (Lipinski definition) is 4. The molecule has 110 valence electrons. The van der Waals surface area contributed by atoms with E-state index in [0.717, 1.165) is 29.6 Å². The summed E-state index contributed by atoms with van der Waals surface area (Å²) in [6, 6.07) is 12.6. The lowest BCUT2D eigenvalue weighted by Gasteiger charge is -2.11. The number of aromatic nitrogens is 2. The lowest BCUT2D eigenvalue weighted by molar-refractivity contribution is 0.630. The molecule has 1 aromatic carbocycles. The summed E-state index contributed by atoms with van der Waals surface area (Å²) in [7, 11) is 0. The second-order valence-corrected chi connectivity index (χ2v) is 6.25. The maximum atomic E-state index is 4.67. The van der Waals surface area contributed by atoms with E-state index in [4.69, 9.17) is 0 Å². The van der Waals surface area contributed by atoms with Crippen molar-refractivity contribution in [1.29, 1.82) is 0 Å². The Morgan fingerprint density at radius 2 is 1.81 bits per heavy atom. The minimum absolute atomic E-state index is 0.371. The van der Waals surface area contributed by atoms with Crippen LogP contribution in [0.5, 0.6) is 0 Å². The van der Waals surface area contributed by atoms with Crippen molar-refractivity contribution >= 4 is 11.6 Å². The van der Waals surface area contributed by atoms with Crippen LogP contribution in [-0.2, 0) is 0 Å². The average Bonchev–Trinajstić information content (AvgIpc) is 3.06. The highest BCUT2D eigenvalue weighted by atomic mass is 15.1. The van der Waals surface area contributed by atoms with Crippen molar-refractivity contribution in [1.82, 2.24) is 9.97 Å². The number of rotatable bonds is 5. The molecule has 0 radical (unpaired) electrons. The van der Waals surface area contributed by atoms with E-state index in [9.17, 15) is 0 Å². The number of nitrogens with one attached hydrogen (secondary N) is 2. The van der Waals surface area contributed by atoms with Gasteiger partial charge in [-0.3, -0.25) is 0 Å². The van der Waals surface area contributed by atoms with Gasteiger partial charge in [0.25, 0.3) is 0 Å². The standard InChI is InChI=1S/C17H22N4/c1-4-18-14-10-15(19-13-11-17(13,2)3)21-16(20-14)12-8-6-5-7-9-12/h5-10,13H,4,11H2,1-3H3,(H2,18,19,20,21). The predicted octanol–water partition coefficient (Wildman–Crippen LogP) is 3.79. The van der Waals surface area contributed by atoms with Gasteiger partial charge >= 0.3 is 0 Å². The third-order valence-corrected chi connectivity index (χ3v) is 3.95. The van der Waals surface area contributed by atoms with Gasteiger partial charge in [-0.1, -0.05) is 44.2 Å². The Balaban J connectivity index is 1.91. The normalized spacial score (nSPS) is 19.1. The maximum Gasteiger partial charge on any atom is 0.163 e. The second-order valence-electron chi connectivity index (χ2n) is 6.25. The number of nitrogens with zero attached hydrogens (tertiary/aromatic N) is 2. The lowest BCUT2D eigenvalue weighted by Crippen LogP contribution is -2.11. The van der Waals surface area contributed by atoms with Gasteiger partial charge in [-0.25, -0.2) is 9.97 Å². The van der Waals surface area contributed by atoms with E-state index in [-0.39, 0.29) is 0 Å². The zero-order valence-electron chi connectivity index (χ0n) is 12.9.